The molecule has 0 saturated carbocycles. The molecule has 2 nitrogen and oxygen atoms in total. The van der Waals surface area contributed by atoms with Gasteiger partial charge in [-0.1, -0.05) is 0 Å². The van der Waals surface area contributed by atoms with Gasteiger partial charge in [0.15, 0.2) is 0 Å². The number of thiophene rings is 1. The molecule has 1 aromatic heterocycles. The van der Waals surface area contributed by atoms with Gasteiger partial charge in [0, 0.05) is 18.6 Å². The van der Waals surface area contributed by atoms with Crippen LogP contribution in [-0.2, 0) is 0 Å². The molecule has 0 bridgehead atoms. The van der Waals surface area contributed by atoms with Gasteiger partial charge in [0.2, 0.25) is 0 Å². The molecule has 0 atom stereocenters. The zero-order valence-electron chi connectivity index (χ0n) is 5.24. The molecule has 1 aliphatic rings. The second-order valence-corrected chi connectivity index (χ2v) is 2.88. The van der Waals surface area contributed by atoms with Crippen molar-refractivity contribution in [1.29, 1.82) is 0 Å². The van der Waals surface area contributed by atoms with E-state index in [2.05, 4.69) is 10.3 Å². The number of anilines is 1. The van der Waals surface area contributed by atoms with Crippen molar-refractivity contribution in [3.8, 4) is 0 Å². The van der Waals surface area contributed by atoms with Crippen molar-refractivity contribution < 1.29 is 0 Å². The van der Waals surface area contributed by atoms with E-state index >= 15 is 0 Å². The Kier molecular flexibility index (Phi) is 1.29. The minimum absolute atomic E-state index is 1.14. The zero-order chi connectivity index (χ0) is 6.81. The van der Waals surface area contributed by atoms with Crippen molar-refractivity contribution in [3.05, 3.63) is 28.7 Å². The lowest BCUT2D eigenvalue weighted by Gasteiger charge is -1.92. The number of rotatable bonds is 0. The Morgan fingerprint density at radius 1 is 1.50 bits per heavy atom. The quantitative estimate of drug-likeness (QED) is 0.601. The molecule has 0 unspecified atom stereocenters. The van der Waals surface area contributed by atoms with Crippen LogP contribution in [0.3, 0.4) is 0 Å². The molecule has 0 radical (unpaired) electrons. The third-order valence-corrected chi connectivity index (χ3v) is 2.14. The Morgan fingerprint density at radius 3 is 3.50 bits per heavy atom. The van der Waals surface area contributed by atoms with E-state index in [1.807, 2.05) is 23.9 Å². The topological polar surface area (TPSA) is 24.4 Å². The summed E-state index contributed by atoms with van der Waals surface area (Å²) < 4.78 is 0. The third kappa shape index (κ3) is 0.844. The molecule has 50 valence electrons. The van der Waals surface area contributed by atoms with Gasteiger partial charge in [0.25, 0.3) is 0 Å². The monoisotopic (exact) mass is 150 g/mol. The summed E-state index contributed by atoms with van der Waals surface area (Å²) in [6.45, 7) is 0. The van der Waals surface area contributed by atoms with Crippen molar-refractivity contribution in [2.24, 2.45) is 4.99 Å². The second kappa shape index (κ2) is 2.27. The van der Waals surface area contributed by atoms with Crippen LogP contribution in [0.1, 0.15) is 4.88 Å². The first-order valence-corrected chi connectivity index (χ1v) is 3.87. The Bertz CT molecular complexity index is 286. The van der Waals surface area contributed by atoms with Gasteiger partial charge < -0.3 is 5.32 Å². The maximum atomic E-state index is 4.03. The van der Waals surface area contributed by atoms with Crippen molar-refractivity contribution in [1.82, 2.24) is 0 Å². The van der Waals surface area contributed by atoms with E-state index in [4.69, 9.17) is 0 Å². The van der Waals surface area contributed by atoms with Crippen LogP contribution in [0.15, 0.2) is 28.8 Å². The molecule has 2 heterocycles. The Hall–Kier alpha value is -1.09. The first-order valence-electron chi connectivity index (χ1n) is 2.99. The van der Waals surface area contributed by atoms with Crippen LogP contribution in [0, 0.1) is 0 Å². The number of fused-ring (bicyclic) bond motifs is 1. The average molecular weight is 150 g/mol. The van der Waals surface area contributed by atoms with Crippen molar-refractivity contribution >= 4 is 23.2 Å². The molecule has 3 heteroatoms. The van der Waals surface area contributed by atoms with E-state index in [1.165, 1.54) is 4.88 Å². The number of aliphatic imine (C=N–C) groups is 1. The maximum absolute atomic E-state index is 4.03. The molecule has 1 aliphatic heterocycles. The van der Waals surface area contributed by atoms with Crippen LogP contribution in [0.2, 0.25) is 0 Å². The highest BCUT2D eigenvalue weighted by atomic mass is 32.1. The Balaban J connectivity index is 2.50. The summed E-state index contributed by atoms with van der Waals surface area (Å²) >= 11 is 1.69. The number of nitrogens with zero attached hydrogens (tertiary/aromatic N) is 1. The number of hydrogen-bond donors (Lipinski definition) is 1. The predicted molar refractivity (Wildman–Crippen MR) is 44.7 cm³/mol. The average Bonchev–Trinajstić information content (AvgIpc) is 2.28. The second-order valence-electron chi connectivity index (χ2n) is 1.94. The van der Waals surface area contributed by atoms with Gasteiger partial charge in [-0.15, -0.1) is 11.3 Å². The smallest absolute Gasteiger partial charge is 0.0687 e. The highest BCUT2D eigenvalue weighted by molar-refractivity contribution is 7.12. The van der Waals surface area contributed by atoms with Gasteiger partial charge in [-0.25, -0.2) is 0 Å². The molecule has 0 fully saturated rings. The number of nitrogens with one attached hydrogen (secondary N) is 1. The molecular weight excluding hydrogens is 144 g/mol. The lowest BCUT2D eigenvalue weighted by atomic mass is 10.4. The first-order chi connectivity index (χ1) is 4.97. The largest absolute Gasteiger partial charge is 0.359 e. The highest BCUT2D eigenvalue weighted by Crippen LogP contribution is 2.21. The molecule has 0 saturated heterocycles. The fourth-order valence-electron chi connectivity index (χ4n) is 0.821. The fraction of sp³-hybridized carbons (Fsp3) is 0. The van der Waals surface area contributed by atoms with Crippen molar-refractivity contribution in [2.75, 3.05) is 5.32 Å². The van der Waals surface area contributed by atoms with Gasteiger partial charge >= 0.3 is 0 Å². The van der Waals surface area contributed by atoms with Crippen LogP contribution in [0.5, 0.6) is 0 Å². The summed E-state index contributed by atoms with van der Waals surface area (Å²) in [5.41, 5.74) is 1.14. The van der Waals surface area contributed by atoms with E-state index in [9.17, 15) is 0 Å². The van der Waals surface area contributed by atoms with Crippen LogP contribution in [0.25, 0.3) is 0 Å². The Morgan fingerprint density at radius 2 is 2.50 bits per heavy atom. The van der Waals surface area contributed by atoms with E-state index in [0.717, 1.165) is 5.69 Å². The molecule has 0 aliphatic carbocycles. The van der Waals surface area contributed by atoms with Crippen LogP contribution in [0.4, 0.5) is 5.69 Å². The molecule has 0 aromatic carbocycles. The van der Waals surface area contributed by atoms with E-state index < -0.39 is 0 Å². The first kappa shape index (κ1) is 5.68. The van der Waals surface area contributed by atoms with Gasteiger partial charge in [-0.05, 0) is 11.4 Å². The molecule has 1 aromatic rings. The molecule has 10 heavy (non-hydrogen) atoms. The summed E-state index contributed by atoms with van der Waals surface area (Å²) in [5.74, 6) is 0. The fourth-order valence-corrected chi connectivity index (χ4v) is 1.55. The Labute approximate surface area is 62.9 Å². The summed E-state index contributed by atoms with van der Waals surface area (Å²) in [6, 6.07) is 2.04. The highest BCUT2D eigenvalue weighted by Gasteiger charge is 1.99. The normalized spacial score (nSPS) is 14.0. The van der Waals surface area contributed by atoms with Gasteiger partial charge in [-0.2, -0.15) is 0 Å². The van der Waals surface area contributed by atoms with Crippen LogP contribution >= 0.6 is 11.3 Å². The number of hydrogen-bond acceptors (Lipinski definition) is 3. The van der Waals surface area contributed by atoms with Gasteiger partial charge in [0.05, 0.1) is 10.6 Å². The summed E-state index contributed by atoms with van der Waals surface area (Å²) in [5, 5.41) is 5.15. The summed E-state index contributed by atoms with van der Waals surface area (Å²) in [7, 11) is 0. The summed E-state index contributed by atoms with van der Waals surface area (Å²) in [4.78, 5) is 5.21. The van der Waals surface area contributed by atoms with Gasteiger partial charge in [-0.3, -0.25) is 4.99 Å². The van der Waals surface area contributed by atoms with E-state index in [0.29, 0.717) is 0 Å². The molecule has 0 spiro atoms. The van der Waals surface area contributed by atoms with E-state index in [1.54, 1.807) is 17.5 Å². The van der Waals surface area contributed by atoms with Crippen LogP contribution < -0.4 is 5.32 Å². The standard InChI is InChI=1S/C7H6N2S/c1-4-10-7-5-8-2-3-9-6(1)7/h1-5,9H. The minimum atomic E-state index is 1.14. The van der Waals surface area contributed by atoms with Crippen molar-refractivity contribution in [3.63, 3.8) is 0 Å². The third-order valence-electron chi connectivity index (χ3n) is 1.29. The minimum Gasteiger partial charge on any atom is -0.359 e. The van der Waals surface area contributed by atoms with Crippen LogP contribution in [-0.4, -0.2) is 6.21 Å². The summed E-state index contributed by atoms with van der Waals surface area (Å²) in [6.07, 6.45) is 5.43. The molecule has 0 amide bonds. The van der Waals surface area contributed by atoms with Gasteiger partial charge in [0.1, 0.15) is 0 Å². The zero-order valence-corrected chi connectivity index (χ0v) is 6.06. The predicted octanol–water partition coefficient (Wildman–Crippen LogP) is 2.06. The van der Waals surface area contributed by atoms with Crippen molar-refractivity contribution in [2.45, 2.75) is 0 Å². The lowest BCUT2D eigenvalue weighted by molar-refractivity contribution is 1.56. The lowest BCUT2D eigenvalue weighted by Crippen LogP contribution is -1.84. The van der Waals surface area contributed by atoms with E-state index in [-0.39, 0.29) is 0 Å². The maximum Gasteiger partial charge on any atom is 0.0687 e. The molecule has 1 N–H and O–H groups in total. The molecule has 2 rings (SSSR count). The molecular formula is C7H6N2S. The SMILES string of the molecule is C1=CNc2ccsc2C=N1.